The summed E-state index contributed by atoms with van der Waals surface area (Å²) in [5, 5.41) is 11.2. The number of hydrogen-bond acceptors (Lipinski definition) is 3. The van der Waals surface area contributed by atoms with Crippen molar-refractivity contribution in [2.75, 3.05) is 27.2 Å². The standard InChI is InChI=1S/C14H24N4OS.HI/c1-14(2,12(19)15-3)10-18-13(16-4)17-8-7-11-6-5-9-20-11;/h5-6,9H,7-8,10H2,1-4H3,(H,15,19)(H2,16,17,18);1H. The predicted molar refractivity (Wildman–Crippen MR) is 101 cm³/mol. The van der Waals surface area contributed by atoms with E-state index in [-0.39, 0.29) is 29.9 Å². The van der Waals surface area contributed by atoms with E-state index in [1.165, 1.54) is 4.88 Å². The van der Waals surface area contributed by atoms with Gasteiger partial charge in [-0.05, 0) is 31.7 Å². The largest absolute Gasteiger partial charge is 0.359 e. The predicted octanol–water partition coefficient (Wildman–Crippen LogP) is 1.85. The maximum absolute atomic E-state index is 11.7. The average Bonchev–Trinajstić information content (AvgIpc) is 2.94. The van der Waals surface area contributed by atoms with Crippen molar-refractivity contribution in [2.45, 2.75) is 20.3 Å². The van der Waals surface area contributed by atoms with Crippen LogP contribution in [-0.4, -0.2) is 39.1 Å². The van der Waals surface area contributed by atoms with E-state index >= 15 is 0 Å². The van der Waals surface area contributed by atoms with Gasteiger partial charge in [0.2, 0.25) is 5.91 Å². The molecule has 3 N–H and O–H groups in total. The van der Waals surface area contributed by atoms with Crippen LogP contribution in [0, 0.1) is 5.41 Å². The number of guanidine groups is 1. The van der Waals surface area contributed by atoms with Gasteiger partial charge in [-0.2, -0.15) is 0 Å². The molecule has 0 saturated carbocycles. The zero-order valence-electron chi connectivity index (χ0n) is 13.0. The number of nitrogens with zero attached hydrogens (tertiary/aromatic N) is 1. The fraction of sp³-hybridized carbons (Fsp3) is 0.571. The van der Waals surface area contributed by atoms with Crippen LogP contribution in [0.2, 0.25) is 0 Å². The second-order valence-corrected chi connectivity index (χ2v) is 6.18. The first kappa shape index (κ1) is 20.2. The molecule has 0 atom stereocenters. The minimum atomic E-state index is -0.472. The van der Waals surface area contributed by atoms with Crippen molar-refractivity contribution in [3.05, 3.63) is 22.4 Å². The van der Waals surface area contributed by atoms with E-state index in [0.29, 0.717) is 6.54 Å². The first-order chi connectivity index (χ1) is 9.49. The maximum atomic E-state index is 11.7. The van der Waals surface area contributed by atoms with Crippen LogP contribution < -0.4 is 16.0 Å². The SMILES string of the molecule is CN=C(NCCc1cccs1)NCC(C)(C)C(=O)NC.I. The molecule has 7 heteroatoms. The zero-order chi connectivity index (χ0) is 15.0. The number of carbonyl (C=O) groups is 1. The van der Waals surface area contributed by atoms with Crippen LogP contribution in [0.15, 0.2) is 22.5 Å². The Bertz CT molecular complexity index is 446. The highest BCUT2D eigenvalue weighted by atomic mass is 127. The van der Waals surface area contributed by atoms with E-state index in [2.05, 4.69) is 38.5 Å². The highest BCUT2D eigenvalue weighted by molar-refractivity contribution is 14.0. The molecule has 0 aliphatic rings. The molecule has 0 aliphatic heterocycles. The van der Waals surface area contributed by atoms with E-state index in [1.807, 2.05) is 13.8 Å². The summed E-state index contributed by atoms with van der Waals surface area (Å²) in [6.45, 7) is 5.15. The number of halogens is 1. The van der Waals surface area contributed by atoms with Gasteiger partial charge in [0.15, 0.2) is 5.96 Å². The van der Waals surface area contributed by atoms with Crippen LogP contribution in [-0.2, 0) is 11.2 Å². The summed E-state index contributed by atoms with van der Waals surface area (Å²) >= 11 is 1.75. The summed E-state index contributed by atoms with van der Waals surface area (Å²) in [6, 6.07) is 4.18. The Morgan fingerprint density at radius 2 is 2.10 bits per heavy atom. The van der Waals surface area contributed by atoms with E-state index in [4.69, 9.17) is 0 Å². The molecule has 0 radical (unpaired) electrons. The monoisotopic (exact) mass is 424 g/mol. The molecule has 1 heterocycles. The minimum Gasteiger partial charge on any atom is -0.359 e. The lowest BCUT2D eigenvalue weighted by molar-refractivity contribution is -0.128. The molecule has 0 unspecified atom stereocenters. The fourth-order valence-electron chi connectivity index (χ4n) is 1.70. The molecule has 0 spiro atoms. The molecular weight excluding hydrogens is 399 g/mol. The molecule has 1 rings (SSSR count). The molecule has 0 saturated heterocycles. The third kappa shape index (κ3) is 7.12. The van der Waals surface area contributed by atoms with Gasteiger partial charge < -0.3 is 16.0 Å². The van der Waals surface area contributed by atoms with Gasteiger partial charge in [0, 0.05) is 32.1 Å². The lowest BCUT2D eigenvalue weighted by atomic mass is 9.92. The van der Waals surface area contributed by atoms with Crippen LogP contribution in [0.5, 0.6) is 0 Å². The van der Waals surface area contributed by atoms with Crippen molar-refractivity contribution in [3.63, 3.8) is 0 Å². The molecule has 0 fully saturated rings. The first-order valence-electron chi connectivity index (χ1n) is 6.68. The van der Waals surface area contributed by atoms with Gasteiger partial charge in [0.25, 0.3) is 0 Å². The number of hydrogen-bond donors (Lipinski definition) is 3. The number of rotatable bonds is 6. The molecule has 5 nitrogen and oxygen atoms in total. The second kappa shape index (κ2) is 9.99. The van der Waals surface area contributed by atoms with Crippen molar-refractivity contribution in [1.82, 2.24) is 16.0 Å². The molecule has 1 aromatic rings. The average molecular weight is 424 g/mol. The highest BCUT2D eigenvalue weighted by Gasteiger charge is 2.26. The first-order valence-corrected chi connectivity index (χ1v) is 7.56. The zero-order valence-corrected chi connectivity index (χ0v) is 16.2. The Kier molecular flexibility index (Phi) is 9.60. The van der Waals surface area contributed by atoms with Crippen LogP contribution in [0.3, 0.4) is 0 Å². The van der Waals surface area contributed by atoms with Gasteiger partial charge in [-0.15, -0.1) is 35.3 Å². The van der Waals surface area contributed by atoms with E-state index in [0.717, 1.165) is 18.9 Å². The molecule has 0 bridgehead atoms. The second-order valence-electron chi connectivity index (χ2n) is 5.14. The third-order valence-corrected chi connectivity index (χ3v) is 3.94. The Labute approximate surface area is 148 Å². The normalized spacial score (nSPS) is 11.5. The van der Waals surface area contributed by atoms with Crippen LogP contribution in [0.25, 0.3) is 0 Å². The smallest absolute Gasteiger partial charge is 0.227 e. The van der Waals surface area contributed by atoms with Crippen LogP contribution in [0.1, 0.15) is 18.7 Å². The van der Waals surface area contributed by atoms with Crippen molar-refractivity contribution < 1.29 is 4.79 Å². The third-order valence-electron chi connectivity index (χ3n) is 3.01. The van der Waals surface area contributed by atoms with Gasteiger partial charge in [0.05, 0.1) is 5.41 Å². The molecule has 120 valence electrons. The highest BCUT2D eigenvalue weighted by Crippen LogP contribution is 2.13. The molecule has 1 amide bonds. The van der Waals surface area contributed by atoms with Gasteiger partial charge in [0.1, 0.15) is 0 Å². The number of thiophene rings is 1. The Morgan fingerprint density at radius 1 is 1.38 bits per heavy atom. The van der Waals surface area contributed by atoms with E-state index < -0.39 is 5.41 Å². The quantitative estimate of drug-likeness (QED) is 0.371. The maximum Gasteiger partial charge on any atom is 0.227 e. The summed E-state index contributed by atoms with van der Waals surface area (Å²) in [7, 11) is 3.38. The summed E-state index contributed by atoms with van der Waals surface area (Å²) in [6.07, 6.45) is 0.969. The topological polar surface area (TPSA) is 65.5 Å². The van der Waals surface area contributed by atoms with Crippen molar-refractivity contribution in [2.24, 2.45) is 10.4 Å². The van der Waals surface area contributed by atoms with Crippen molar-refractivity contribution in [1.29, 1.82) is 0 Å². The minimum absolute atomic E-state index is 0. The number of amides is 1. The van der Waals surface area contributed by atoms with E-state index in [9.17, 15) is 4.79 Å². The molecule has 0 aromatic carbocycles. The molecule has 0 aliphatic carbocycles. The number of carbonyl (C=O) groups excluding carboxylic acids is 1. The van der Waals surface area contributed by atoms with Crippen LogP contribution >= 0.6 is 35.3 Å². The summed E-state index contributed by atoms with van der Waals surface area (Å²) in [5.74, 6) is 0.734. The van der Waals surface area contributed by atoms with Crippen LogP contribution in [0.4, 0.5) is 0 Å². The summed E-state index contributed by atoms with van der Waals surface area (Å²) < 4.78 is 0. The molecule has 1 aromatic heterocycles. The summed E-state index contributed by atoms with van der Waals surface area (Å²) in [5.41, 5.74) is -0.472. The Morgan fingerprint density at radius 3 is 2.62 bits per heavy atom. The number of aliphatic imine (C=N–C) groups is 1. The lowest BCUT2D eigenvalue weighted by Gasteiger charge is -2.24. The Balaban J connectivity index is 0.00000400. The Hall–Kier alpha value is -0.830. The van der Waals surface area contributed by atoms with Gasteiger partial charge >= 0.3 is 0 Å². The van der Waals surface area contributed by atoms with Gasteiger partial charge in [-0.1, -0.05) is 6.07 Å². The fourth-order valence-corrected chi connectivity index (χ4v) is 2.41. The van der Waals surface area contributed by atoms with E-state index in [1.54, 1.807) is 25.4 Å². The molecular formula is C14H25IN4OS. The van der Waals surface area contributed by atoms with Gasteiger partial charge in [-0.25, -0.2) is 0 Å². The molecule has 21 heavy (non-hydrogen) atoms. The number of nitrogens with one attached hydrogen (secondary N) is 3. The lowest BCUT2D eigenvalue weighted by Crippen LogP contribution is -2.47. The summed E-state index contributed by atoms with van der Waals surface area (Å²) in [4.78, 5) is 17.2. The van der Waals surface area contributed by atoms with Gasteiger partial charge in [-0.3, -0.25) is 9.79 Å². The van der Waals surface area contributed by atoms with Crippen molar-refractivity contribution in [3.8, 4) is 0 Å². The van der Waals surface area contributed by atoms with Crippen molar-refractivity contribution >= 4 is 47.2 Å².